The van der Waals surface area contributed by atoms with E-state index in [1.807, 2.05) is 0 Å². The van der Waals surface area contributed by atoms with Crippen molar-refractivity contribution < 1.29 is 5.11 Å². The Hall–Kier alpha value is -0.0800. The van der Waals surface area contributed by atoms with E-state index in [1.165, 1.54) is 51.6 Å². The number of hydrogen-bond acceptors (Lipinski definition) is 2. The molecule has 1 heterocycles. The van der Waals surface area contributed by atoms with E-state index < -0.39 is 0 Å². The van der Waals surface area contributed by atoms with E-state index in [-0.39, 0.29) is 6.10 Å². The summed E-state index contributed by atoms with van der Waals surface area (Å²) in [4.78, 5) is 2.62. The lowest BCUT2D eigenvalue weighted by atomic mass is 9.98. The third-order valence-electron chi connectivity index (χ3n) is 4.35. The molecule has 2 aliphatic rings. The van der Waals surface area contributed by atoms with Crippen LogP contribution in [0.4, 0.5) is 0 Å². The summed E-state index contributed by atoms with van der Waals surface area (Å²) in [5.41, 5.74) is 0. The van der Waals surface area contributed by atoms with E-state index in [2.05, 4.69) is 11.8 Å². The number of nitrogens with zero attached hydrogens (tertiary/aromatic N) is 1. The van der Waals surface area contributed by atoms with Crippen LogP contribution >= 0.6 is 0 Å². The first-order valence-electron chi connectivity index (χ1n) is 6.69. The maximum absolute atomic E-state index is 9.77. The Balaban J connectivity index is 1.72. The Morgan fingerprint density at radius 1 is 1.13 bits per heavy atom. The van der Waals surface area contributed by atoms with Crippen molar-refractivity contribution in [2.75, 3.05) is 13.1 Å². The van der Waals surface area contributed by atoms with Crippen molar-refractivity contribution in [2.24, 2.45) is 5.92 Å². The Morgan fingerprint density at radius 3 is 2.67 bits per heavy atom. The van der Waals surface area contributed by atoms with Gasteiger partial charge in [0.05, 0.1) is 6.10 Å². The fourth-order valence-electron chi connectivity index (χ4n) is 3.18. The third-order valence-corrected chi connectivity index (χ3v) is 4.35. The lowest BCUT2D eigenvalue weighted by Crippen LogP contribution is -2.39. The van der Waals surface area contributed by atoms with Gasteiger partial charge in [-0.05, 0) is 58.0 Å². The average molecular weight is 211 g/mol. The quantitative estimate of drug-likeness (QED) is 0.775. The molecule has 1 N–H and O–H groups in total. The monoisotopic (exact) mass is 211 g/mol. The minimum atomic E-state index is 0.00472. The van der Waals surface area contributed by atoms with E-state index in [9.17, 15) is 5.11 Å². The molecule has 0 radical (unpaired) electrons. The van der Waals surface area contributed by atoms with Gasteiger partial charge < -0.3 is 10.0 Å². The molecule has 0 aromatic heterocycles. The Morgan fingerprint density at radius 2 is 2.00 bits per heavy atom. The summed E-state index contributed by atoms with van der Waals surface area (Å²) in [5.74, 6) is 0.596. The second-order valence-corrected chi connectivity index (χ2v) is 5.43. The van der Waals surface area contributed by atoms with Gasteiger partial charge in [0, 0.05) is 6.04 Å². The predicted molar refractivity (Wildman–Crippen MR) is 62.9 cm³/mol. The zero-order valence-electron chi connectivity index (χ0n) is 9.99. The zero-order chi connectivity index (χ0) is 10.7. The molecule has 3 atom stereocenters. The normalized spacial score (nSPS) is 38.4. The molecule has 0 bridgehead atoms. The third kappa shape index (κ3) is 2.94. The van der Waals surface area contributed by atoms with Crippen molar-refractivity contribution >= 4 is 0 Å². The minimum Gasteiger partial charge on any atom is -0.393 e. The number of aliphatic hydroxyl groups is 1. The topological polar surface area (TPSA) is 23.5 Å². The standard InChI is InChI=1S/C13H25NO/c1-11-5-2-3-9-14(11)10-8-12-6-4-7-13(12)15/h11-13,15H,2-10H2,1H3. The van der Waals surface area contributed by atoms with Gasteiger partial charge in [-0.3, -0.25) is 0 Å². The van der Waals surface area contributed by atoms with Crippen LogP contribution in [0.25, 0.3) is 0 Å². The summed E-state index contributed by atoms with van der Waals surface area (Å²) >= 11 is 0. The van der Waals surface area contributed by atoms with E-state index in [0.29, 0.717) is 5.92 Å². The summed E-state index contributed by atoms with van der Waals surface area (Å²) < 4.78 is 0. The number of hydrogen-bond donors (Lipinski definition) is 1. The summed E-state index contributed by atoms with van der Waals surface area (Å²) in [7, 11) is 0. The van der Waals surface area contributed by atoms with Crippen molar-refractivity contribution in [3.63, 3.8) is 0 Å². The van der Waals surface area contributed by atoms with Gasteiger partial charge in [0.2, 0.25) is 0 Å². The largest absolute Gasteiger partial charge is 0.393 e. The second kappa shape index (κ2) is 5.31. The van der Waals surface area contributed by atoms with Gasteiger partial charge >= 0.3 is 0 Å². The van der Waals surface area contributed by atoms with Crippen molar-refractivity contribution in [3.8, 4) is 0 Å². The van der Waals surface area contributed by atoms with Gasteiger partial charge in [-0.25, -0.2) is 0 Å². The van der Waals surface area contributed by atoms with Gasteiger partial charge in [-0.2, -0.15) is 0 Å². The smallest absolute Gasteiger partial charge is 0.0568 e. The fraction of sp³-hybridized carbons (Fsp3) is 1.00. The highest BCUT2D eigenvalue weighted by Crippen LogP contribution is 2.29. The molecule has 2 fully saturated rings. The van der Waals surface area contributed by atoms with E-state index in [4.69, 9.17) is 0 Å². The molecule has 1 saturated heterocycles. The van der Waals surface area contributed by atoms with E-state index >= 15 is 0 Å². The summed E-state index contributed by atoms with van der Waals surface area (Å²) in [6.07, 6.45) is 8.90. The van der Waals surface area contributed by atoms with Crippen LogP contribution in [0.15, 0.2) is 0 Å². The van der Waals surface area contributed by atoms with Gasteiger partial charge in [0.1, 0.15) is 0 Å². The van der Waals surface area contributed by atoms with Crippen LogP contribution < -0.4 is 0 Å². The molecule has 1 saturated carbocycles. The predicted octanol–water partition coefficient (Wildman–Crippen LogP) is 2.41. The van der Waals surface area contributed by atoms with Crippen molar-refractivity contribution in [3.05, 3.63) is 0 Å². The lowest BCUT2D eigenvalue weighted by Gasteiger charge is -2.34. The highest BCUT2D eigenvalue weighted by Gasteiger charge is 2.26. The average Bonchev–Trinajstić information content (AvgIpc) is 2.63. The number of aliphatic hydroxyl groups excluding tert-OH is 1. The van der Waals surface area contributed by atoms with Crippen molar-refractivity contribution in [1.29, 1.82) is 0 Å². The maximum atomic E-state index is 9.77. The summed E-state index contributed by atoms with van der Waals surface area (Å²) in [6, 6.07) is 0.775. The van der Waals surface area contributed by atoms with Crippen LogP contribution in [-0.4, -0.2) is 35.2 Å². The number of piperidine rings is 1. The van der Waals surface area contributed by atoms with E-state index in [0.717, 1.165) is 12.5 Å². The minimum absolute atomic E-state index is 0.00472. The molecule has 2 heteroatoms. The highest BCUT2D eigenvalue weighted by atomic mass is 16.3. The maximum Gasteiger partial charge on any atom is 0.0568 e. The van der Waals surface area contributed by atoms with Crippen molar-refractivity contribution in [1.82, 2.24) is 4.90 Å². The molecule has 15 heavy (non-hydrogen) atoms. The Labute approximate surface area is 93.7 Å². The van der Waals surface area contributed by atoms with Crippen LogP contribution in [0.2, 0.25) is 0 Å². The molecule has 0 amide bonds. The molecule has 0 aromatic carbocycles. The summed E-state index contributed by atoms with van der Waals surface area (Å²) in [6.45, 7) is 4.84. The summed E-state index contributed by atoms with van der Waals surface area (Å²) in [5, 5.41) is 9.77. The molecule has 0 spiro atoms. The first kappa shape index (κ1) is 11.4. The number of likely N-dealkylation sites (tertiary alicyclic amines) is 1. The van der Waals surface area contributed by atoms with Gasteiger partial charge in [-0.15, -0.1) is 0 Å². The molecule has 3 unspecified atom stereocenters. The Bertz CT molecular complexity index is 195. The first-order chi connectivity index (χ1) is 7.27. The Kier molecular flexibility index (Phi) is 4.04. The second-order valence-electron chi connectivity index (χ2n) is 5.43. The molecule has 2 nitrogen and oxygen atoms in total. The van der Waals surface area contributed by atoms with Crippen LogP contribution in [-0.2, 0) is 0 Å². The van der Waals surface area contributed by atoms with Crippen LogP contribution in [0.1, 0.15) is 51.9 Å². The SMILES string of the molecule is CC1CCCCN1CCC1CCCC1O. The van der Waals surface area contributed by atoms with Crippen LogP contribution in [0.3, 0.4) is 0 Å². The molecule has 0 aromatic rings. The zero-order valence-corrected chi connectivity index (χ0v) is 9.99. The van der Waals surface area contributed by atoms with Crippen LogP contribution in [0, 0.1) is 5.92 Å². The molecular formula is C13H25NO. The molecule has 88 valence electrons. The van der Waals surface area contributed by atoms with Gasteiger partial charge in [-0.1, -0.05) is 12.8 Å². The molecule has 1 aliphatic heterocycles. The van der Waals surface area contributed by atoms with Gasteiger partial charge in [0.15, 0.2) is 0 Å². The lowest BCUT2D eigenvalue weighted by molar-refractivity contribution is 0.102. The van der Waals surface area contributed by atoms with Gasteiger partial charge in [0.25, 0.3) is 0 Å². The van der Waals surface area contributed by atoms with E-state index in [1.54, 1.807) is 0 Å². The highest BCUT2D eigenvalue weighted by molar-refractivity contribution is 4.79. The van der Waals surface area contributed by atoms with Crippen LogP contribution in [0.5, 0.6) is 0 Å². The number of rotatable bonds is 3. The first-order valence-corrected chi connectivity index (χ1v) is 6.69. The molecule has 1 aliphatic carbocycles. The fourth-order valence-corrected chi connectivity index (χ4v) is 3.18. The van der Waals surface area contributed by atoms with Crippen molar-refractivity contribution in [2.45, 2.75) is 64.0 Å². The molecular weight excluding hydrogens is 186 g/mol. The molecule has 2 rings (SSSR count).